The Morgan fingerprint density at radius 3 is 2.83 bits per heavy atom. The van der Waals surface area contributed by atoms with Gasteiger partial charge in [-0.05, 0) is 30.2 Å². The highest BCUT2D eigenvalue weighted by Gasteiger charge is 2.24. The summed E-state index contributed by atoms with van der Waals surface area (Å²) < 4.78 is 0. The van der Waals surface area contributed by atoms with Crippen molar-refractivity contribution in [1.29, 1.82) is 0 Å². The molecule has 1 fully saturated rings. The number of nitrogens with one attached hydrogen (secondary N) is 1. The van der Waals surface area contributed by atoms with Crippen molar-refractivity contribution < 1.29 is 4.79 Å². The molecule has 0 aromatic carbocycles. The van der Waals surface area contributed by atoms with Crippen molar-refractivity contribution in [1.82, 2.24) is 5.32 Å². The van der Waals surface area contributed by atoms with Crippen LogP contribution in [0, 0.1) is 5.92 Å². The Labute approximate surface area is 113 Å². The summed E-state index contributed by atoms with van der Waals surface area (Å²) in [4.78, 5) is 12.5. The minimum atomic E-state index is -0.191. The molecule has 1 aromatic heterocycles. The molecule has 1 aliphatic carbocycles. The van der Waals surface area contributed by atoms with Gasteiger partial charge in [-0.2, -0.15) is 0 Å². The van der Waals surface area contributed by atoms with Crippen molar-refractivity contribution in [3.05, 3.63) is 22.4 Å². The number of amides is 1. The SMILES string of the molecule is NC(=O)CC(NCc1cccs1)C1CCCCC1. The molecule has 1 aliphatic rings. The molecule has 1 amide bonds. The smallest absolute Gasteiger partial charge is 0.218 e. The van der Waals surface area contributed by atoms with Crippen LogP contribution < -0.4 is 11.1 Å². The van der Waals surface area contributed by atoms with E-state index in [1.807, 2.05) is 0 Å². The molecule has 1 saturated carbocycles. The van der Waals surface area contributed by atoms with Crippen LogP contribution in [-0.2, 0) is 11.3 Å². The number of hydrogen-bond donors (Lipinski definition) is 2. The van der Waals surface area contributed by atoms with Crippen LogP contribution in [-0.4, -0.2) is 11.9 Å². The maximum atomic E-state index is 11.2. The molecular formula is C14H22N2OS. The van der Waals surface area contributed by atoms with E-state index < -0.39 is 0 Å². The Bertz CT molecular complexity index is 358. The van der Waals surface area contributed by atoms with Gasteiger partial charge in [-0.15, -0.1) is 11.3 Å². The van der Waals surface area contributed by atoms with E-state index in [1.165, 1.54) is 37.0 Å². The molecule has 0 bridgehead atoms. The Morgan fingerprint density at radius 1 is 1.44 bits per heavy atom. The van der Waals surface area contributed by atoms with Gasteiger partial charge < -0.3 is 11.1 Å². The predicted molar refractivity (Wildman–Crippen MR) is 75.3 cm³/mol. The molecule has 0 saturated heterocycles. The van der Waals surface area contributed by atoms with E-state index in [4.69, 9.17) is 5.73 Å². The summed E-state index contributed by atoms with van der Waals surface area (Å²) >= 11 is 1.75. The Hall–Kier alpha value is -0.870. The Morgan fingerprint density at radius 2 is 2.22 bits per heavy atom. The largest absolute Gasteiger partial charge is 0.370 e. The maximum Gasteiger partial charge on any atom is 0.218 e. The minimum absolute atomic E-state index is 0.191. The number of thiophene rings is 1. The van der Waals surface area contributed by atoms with Crippen LogP contribution in [0.15, 0.2) is 17.5 Å². The number of primary amides is 1. The summed E-state index contributed by atoms with van der Waals surface area (Å²) in [6, 6.07) is 4.44. The summed E-state index contributed by atoms with van der Waals surface area (Å²) in [6.07, 6.45) is 6.85. The van der Waals surface area contributed by atoms with Gasteiger partial charge in [0.15, 0.2) is 0 Å². The monoisotopic (exact) mass is 266 g/mol. The van der Waals surface area contributed by atoms with Gasteiger partial charge in [-0.1, -0.05) is 25.3 Å². The Kier molecular flexibility index (Phi) is 5.20. The molecule has 1 atom stereocenters. The third-order valence-electron chi connectivity index (χ3n) is 3.76. The van der Waals surface area contributed by atoms with Crippen LogP contribution in [0.5, 0.6) is 0 Å². The van der Waals surface area contributed by atoms with Gasteiger partial charge in [0.1, 0.15) is 0 Å². The predicted octanol–water partition coefficient (Wildman–Crippen LogP) is 2.66. The lowest BCUT2D eigenvalue weighted by molar-refractivity contribution is -0.118. The molecule has 0 aliphatic heterocycles. The first-order valence-corrected chi connectivity index (χ1v) is 7.68. The molecule has 0 spiro atoms. The standard InChI is InChI=1S/C14H22N2OS/c15-14(17)9-13(11-5-2-1-3-6-11)16-10-12-7-4-8-18-12/h4,7-8,11,13,16H,1-3,5-6,9-10H2,(H2,15,17). The van der Waals surface area contributed by atoms with Crippen LogP contribution in [0.25, 0.3) is 0 Å². The molecule has 2 rings (SSSR count). The zero-order valence-electron chi connectivity index (χ0n) is 10.7. The molecule has 3 N–H and O–H groups in total. The molecule has 1 unspecified atom stereocenters. The lowest BCUT2D eigenvalue weighted by Gasteiger charge is -2.30. The number of nitrogens with two attached hydrogens (primary N) is 1. The van der Waals surface area contributed by atoms with E-state index in [9.17, 15) is 4.79 Å². The van der Waals surface area contributed by atoms with E-state index in [0.717, 1.165) is 6.54 Å². The number of hydrogen-bond acceptors (Lipinski definition) is 3. The van der Waals surface area contributed by atoms with Crippen LogP contribution >= 0.6 is 11.3 Å². The van der Waals surface area contributed by atoms with E-state index in [2.05, 4.69) is 22.8 Å². The maximum absolute atomic E-state index is 11.2. The summed E-state index contributed by atoms with van der Waals surface area (Å²) in [7, 11) is 0. The minimum Gasteiger partial charge on any atom is -0.370 e. The molecule has 100 valence electrons. The van der Waals surface area contributed by atoms with Gasteiger partial charge in [0.2, 0.25) is 5.91 Å². The van der Waals surface area contributed by atoms with Crippen molar-refractivity contribution >= 4 is 17.2 Å². The van der Waals surface area contributed by atoms with Crippen LogP contribution in [0.3, 0.4) is 0 Å². The zero-order valence-corrected chi connectivity index (χ0v) is 11.5. The van der Waals surface area contributed by atoms with Crippen LogP contribution in [0.1, 0.15) is 43.4 Å². The first-order valence-electron chi connectivity index (χ1n) is 6.80. The lowest BCUT2D eigenvalue weighted by Crippen LogP contribution is -2.39. The number of carbonyl (C=O) groups is 1. The fourth-order valence-corrected chi connectivity index (χ4v) is 3.46. The van der Waals surface area contributed by atoms with Crippen LogP contribution in [0.4, 0.5) is 0 Å². The van der Waals surface area contributed by atoms with Gasteiger partial charge in [-0.3, -0.25) is 4.79 Å². The third-order valence-corrected chi connectivity index (χ3v) is 4.63. The summed E-state index contributed by atoms with van der Waals surface area (Å²) in [5, 5.41) is 5.62. The summed E-state index contributed by atoms with van der Waals surface area (Å²) in [5.41, 5.74) is 5.37. The van der Waals surface area contributed by atoms with Gasteiger partial charge in [0.05, 0.1) is 0 Å². The molecule has 1 aromatic rings. The zero-order chi connectivity index (χ0) is 12.8. The van der Waals surface area contributed by atoms with Crippen molar-refractivity contribution in [2.75, 3.05) is 0 Å². The van der Waals surface area contributed by atoms with E-state index in [0.29, 0.717) is 12.3 Å². The van der Waals surface area contributed by atoms with Crippen molar-refractivity contribution in [3.63, 3.8) is 0 Å². The molecule has 3 nitrogen and oxygen atoms in total. The normalized spacial score (nSPS) is 18.7. The average molecular weight is 266 g/mol. The molecule has 4 heteroatoms. The van der Waals surface area contributed by atoms with Gasteiger partial charge in [0, 0.05) is 23.9 Å². The topological polar surface area (TPSA) is 55.1 Å². The third kappa shape index (κ3) is 4.10. The van der Waals surface area contributed by atoms with Crippen molar-refractivity contribution in [2.45, 2.75) is 51.1 Å². The Balaban J connectivity index is 1.89. The molecular weight excluding hydrogens is 244 g/mol. The van der Waals surface area contributed by atoms with E-state index >= 15 is 0 Å². The van der Waals surface area contributed by atoms with E-state index in [1.54, 1.807) is 11.3 Å². The lowest BCUT2D eigenvalue weighted by atomic mass is 9.82. The number of carbonyl (C=O) groups excluding carboxylic acids is 1. The fraction of sp³-hybridized carbons (Fsp3) is 0.643. The molecule has 1 heterocycles. The highest BCUT2D eigenvalue weighted by Crippen LogP contribution is 2.28. The second-order valence-corrected chi connectivity index (χ2v) is 6.17. The summed E-state index contributed by atoms with van der Waals surface area (Å²) in [6.45, 7) is 0.853. The quantitative estimate of drug-likeness (QED) is 0.831. The second kappa shape index (κ2) is 6.90. The van der Waals surface area contributed by atoms with Crippen molar-refractivity contribution in [3.8, 4) is 0 Å². The van der Waals surface area contributed by atoms with Crippen LogP contribution in [0.2, 0.25) is 0 Å². The van der Waals surface area contributed by atoms with Gasteiger partial charge in [0.25, 0.3) is 0 Å². The first-order chi connectivity index (χ1) is 8.75. The van der Waals surface area contributed by atoms with Crippen molar-refractivity contribution in [2.24, 2.45) is 11.7 Å². The highest BCUT2D eigenvalue weighted by molar-refractivity contribution is 7.09. The van der Waals surface area contributed by atoms with Gasteiger partial charge in [-0.25, -0.2) is 0 Å². The number of rotatable bonds is 6. The highest BCUT2D eigenvalue weighted by atomic mass is 32.1. The second-order valence-electron chi connectivity index (χ2n) is 5.14. The van der Waals surface area contributed by atoms with E-state index in [-0.39, 0.29) is 11.9 Å². The first kappa shape index (κ1) is 13.6. The molecule has 0 radical (unpaired) electrons. The molecule has 18 heavy (non-hydrogen) atoms. The summed E-state index contributed by atoms with van der Waals surface area (Å²) in [5.74, 6) is 0.426. The van der Waals surface area contributed by atoms with Gasteiger partial charge >= 0.3 is 0 Å². The fourth-order valence-electron chi connectivity index (χ4n) is 2.80. The average Bonchev–Trinajstić information content (AvgIpc) is 2.88.